The lowest BCUT2D eigenvalue weighted by atomic mass is 9.94. The lowest BCUT2D eigenvalue weighted by Gasteiger charge is -2.33. The molecule has 0 radical (unpaired) electrons. The minimum Gasteiger partial charge on any atom is -0.341 e. The zero-order valence-corrected chi connectivity index (χ0v) is 18.3. The van der Waals surface area contributed by atoms with Crippen LogP contribution in [0.5, 0.6) is 0 Å². The molecule has 2 aromatic carbocycles. The molecule has 0 atom stereocenters. The molecular weight excluding hydrogens is 384 g/mol. The van der Waals surface area contributed by atoms with Crippen molar-refractivity contribution in [2.75, 3.05) is 17.9 Å². The Hall–Kier alpha value is -2.34. The number of rotatable bonds is 6. The number of likely N-dealkylation sites (N-methyl/N-ethyl adjacent to an activating group) is 1. The molecule has 1 amide bonds. The average molecular weight is 415 g/mol. The van der Waals surface area contributed by atoms with Gasteiger partial charge in [-0.15, -0.1) is 0 Å². The fourth-order valence-electron chi connectivity index (χ4n) is 3.91. The van der Waals surface area contributed by atoms with E-state index in [1.165, 1.54) is 10.7 Å². The lowest BCUT2D eigenvalue weighted by Crippen LogP contribution is -2.46. The van der Waals surface area contributed by atoms with E-state index in [1.54, 1.807) is 42.3 Å². The van der Waals surface area contributed by atoms with E-state index in [1.807, 2.05) is 32.0 Å². The molecule has 0 spiro atoms. The van der Waals surface area contributed by atoms with Gasteiger partial charge in [0.15, 0.2) is 0 Å². The maximum absolute atomic E-state index is 13.5. The second-order valence-corrected chi connectivity index (χ2v) is 9.77. The van der Waals surface area contributed by atoms with Crippen LogP contribution in [0.3, 0.4) is 0 Å². The Morgan fingerprint density at radius 2 is 1.66 bits per heavy atom. The van der Waals surface area contributed by atoms with Gasteiger partial charge < -0.3 is 4.90 Å². The van der Waals surface area contributed by atoms with Gasteiger partial charge in [-0.2, -0.15) is 0 Å². The van der Waals surface area contributed by atoms with E-state index in [0.717, 1.165) is 36.8 Å². The topological polar surface area (TPSA) is 57.7 Å². The molecule has 6 heteroatoms. The summed E-state index contributed by atoms with van der Waals surface area (Å²) in [6, 6.07) is 14.2. The third-order valence-corrected chi connectivity index (χ3v) is 7.53. The van der Waals surface area contributed by atoms with Gasteiger partial charge in [0.2, 0.25) is 5.91 Å². The molecule has 0 unspecified atom stereocenters. The van der Waals surface area contributed by atoms with E-state index in [2.05, 4.69) is 0 Å². The fourth-order valence-corrected chi connectivity index (χ4v) is 5.41. The van der Waals surface area contributed by atoms with Gasteiger partial charge in [0.1, 0.15) is 6.54 Å². The third-order valence-electron chi connectivity index (χ3n) is 5.76. The Morgan fingerprint density at radius 1 is 1.00 bits per heavy atom. The van der Waals surface area contributed by atoms with E-state index in [-0.39, 0.29) is 23.4 Å². The summed E-state index contributed by atoms with van der Waals surface area (Å²) >= 11 is 0. The Morgan fingerprint density at radius 3 is 2.31 bits per heavy atom. The summed E-state index contributed by atoms with van der Waals surface area (Å²) in [4.78, 5) is 15.1. The number of anilines is 1. The van der Waals surface area contributed by atoms with Crippen molar-refractivity contribution >= 4 is 21.6 Å². The summed E-state index contributed by atoms with van der Waals surface area (Å²) in [5, 5.41) is 0. The van der Waals surface area contributed by atoms with E-state index in [0.29, 0.717) is 5.69 Å². The van der Waals surface area contributed by atoms with Crippen LogP contribution in [0.25, 0.3) is 0 Å². The van der Waals surface area contributed by atoms with Crippen molar-refractivity contribution in [1.29, 1.82) is 0 Å². The minimum atomic E-state index is -3.87. The summed E-state index contributed by atoms with van der Waals surface area (Å²) in [6.45, 7) is 3.60. The smallest absolute Gasteiger partial charge is 0.264 e. The molecule has 5 nitrogen and oxygen atoms in total. The zero-order valence-electron chi connectivity index (χ0n) is 17.5. The lowest BCUT2D eigenvalue weighted by molar-refractivity contribution is -0.130. The number of amides is 1. The molecule has 0 heterocycles. The van der Waals surface area contributed by atoms with Crippen LogP contribution in [0, 0.1) is 13.8 Å². The van der Waals surface area contributed by atoms with Crippen molar-refractivity contribution in [1.82, 2.24) is 4.90 Å². The Labute approximate surface area is 174 Å². The van der Waals surface area contributed by atoms with Gasteiger partial charge in [0.25, 0.3) is 10.0 Å². The van der Waals surface area contributed by atoms with Crippen LogP contribution in [-0.4, -0.2) is 38.9 Å². The largest absolute Gasteiger partial charge is 0.341 e. The molecule has 3 rings (SSSR count). The highest BCUT2D eigenvalue weighted by Gasteiger charge is 2.31. The maximum Gasteiger partial charge on any atom is 0.264 e. The van der Waals surface area contributed by atoms with Crippen LogP contribution < -0.4 is 4.31 Å². The zero-order chi connectivity index (χ0) is 21.0. The molecule has 1 fully saturated rings. The highest BCUT2D eigenvalue weighted by atomic mass is 32.2. The highest BCUT2D eigenvalue weighted by Crippen LogP contribution is 2.29. The van der Waals surface area contributed by atoms with Crippen LogP contribution in [0.2, 0.25) is 0 Å². The number of aryl methyl sites for hydroxylation is 2. The minimum absolute atomic E-state index is 0.169. The SMILES string of the molecule is Cc1ccc(C)c(N(CC(=O)N(C)C2CCCCC2)S(=O)(=O)c2ccccc2)c1. The number of carbonyl (C=O) groups excluding carboxylic acids is 1. The predicted octanol–water partition coefficient (Wildman–Crippen LogP) is 4.29. The first kappa shape index (κ1) is 21.4. The number of carbonyl (C=O) groups is 1. The molecule has 1 saturated carbocycles. The molecule has 156 valence electrons. The van der Waals surface area contributed by atoms with Crippen molar-refractivity contribution in [2.24, 2.45) is 0 Å². The number of hydrogen-bond donors (Lipinski definition) is 0. The molecule has 2 aromatic rings. The van der Waals surface area contributed by atoms with Crippen molar-refractivity contribution in [3.05, 3.63) is 59.7 Å². The highest BCUT2D eigenvalue weighted by molar-refractivity contribution is 7.92. The first-order chi connectivity index (χ1) is 13.8. The van der Waals surface area contributed by atoms with E-state index in [9.17, 15) is 13.2 Å². The van der Waals surface area contributed by atoms with Crippen molar-refractivity contribution in [3.8, 4) is 0 Å². The normalized spacial score (nSPS) is 15.1. The second kappa shape index (κ2) is 8.99. The molecule has 0 bridgehead atoms. The summed E-state index contributed by atoms with van der Waals surface area (Å²) in [5.41, 5.74) is 2.33. The van der Waals surface area contributed by atoms with Gasteiger partial charge in [0.05, 0.1) is 10.6 Å². The average Bonchev–Trinajstić information content (AvgIpc) is 2.74. The summed E-state index contributed by atoms with van der Waals surface area (Å²) in [7, 11) is -2.07. The Kier molecular flexibility index (Phi) is 6.63. The summed E-state index contributed by atoms with van der Waals surface area (Å²) in [5.74, 6) is -0.169. The quantitative estimate of drug-likeness (QED) is 0.708. The van der Waals surface area contributed by atoms with Gasteiger partial charge in [-0.1, -0.05) is 49.6 Å². The van der Waals surface area contributed by atoms with Gasteiger partial charge in [-0.05, 0) is 56.0 Å². The first-order valence-electron chi connectivity index (χ1n) is 10.2. The molecule has 0 aliphatic heterocycles. The third kappa shape index (κ3) is 4.81. The van der Waals surface area contributed by atoms with E-state index < -0.39 is 10.0 Å². The number of benzene rings is 2. The van der Waals surface area contributed by atoms with Gasteiger partial charge in [-0.25, -0.2) is 8.42 Å². The molecule has 1 aliphatic rings. The first-order valence-corrected chi connectivity index (χ1v) is 11.7. The summed E-state index contributed by atoms with van der Waals surface area (Å²) in [6.07, 6.45) is 5.40. The standard InChI is InChI=1S/C23H30N2O3S/c1-18-14-15-19(2)22(16-18)25(29(27,28)21-12-8-5-9-13-21)17-23(26)24(3)20-10-6-4-7-11-20/h5,8-9,12-16,20H,4,6-7,10-11,17H2,1-3H3. The van der Waals surface area contributed by atoms with Crippen molar-refractivity contribution in [2.45, 2.75) is 56.9 Å². The number of nitrogens with zero attached hydrogens (tertiary/aromatic N) is 2. The van der Waals surface area contributed by atoms with Crippen LogP contribution >= 0.6 is 0 Å². The van der Waals surface area contributed by atoms with Crippen LogP contribution in [0.15, 0.2) is 53.4 Å². The predicted molar refractivity (Wildman–Crippen MR) is 117 cm³/mol. The number of hydrogen-bond acceptors (Lipinski definition) is 3. The van der Waals surface area contributed by atoms with Crippen molar-refractivity contribution < 1.29 is 13.2 Å². The molecule has 29 heavy (non-hydrogen) atoms. The molecule has 0 saturated heterocycles. The Bertz CT molecular complexity index is 951. The molecule has 0 N–H and O–H groups in total. The van der Waals surface area contributed by atoms with Crippen molar-refractivity contribution in [3.63, 3.8) is 0 Å². The molecule has 0 aromatic heterocycles. The fraction of sp³-hybridized carbons (Fsp3) is 0.435. The Balaban J connectivity index is 1.97. The monoisotopic (exact) mass is 414 g/mol. The molecular formula is C23H30N2O3S. The van der Waals surface area contributed by atoms with Crippen LogP contribution in [0.1, 0.15) is 43.2 Å². The maximum atomic E-state index is 13.5. The van der Waals surface area contributed by atoms with Gasteiger partial charge >= 0.3 is 0 Å². The van der Waals surface area contributed by atoms with Gasteiger partial charge in [0, 0.05) is 13.1 Å². The van der Waals surface area contributed by atoms with E-state index in [4.69, 9.17) is 0 Å². The van der Waals surface area contributed by atoms with E-state index >= 15 is 0 Å². The van der Waals surface area contributed by atoms with Crippen LogP contribution in [0.4, 0.5) is 5.69 Å². The summed E-state index contributed by atoms with van der Waals surface area (Å²) < 4.78 is 28.2. The second-order valence-electron chi connectivity index (χ2n) is 7.91. The van der Waals surface area contributed by atoms with Gasteiger partial charge in [-0.3, -0.25) is 9.10 Å². The van der Waals surface area contributed by atoms with Crippen LogP contribution in [-0.2, 0) is 14.8 Å². The number of sulfonamides is 1. The molecule has 1 aliphatic carbocycles.